The van der Waals surface area contributed by atoms with Crippen LogP contribution in [0.15, 0.2) is 0 Å². The Hall–Kier alpha value is -0.0800. The molecule has 2 fully saturated rings. The van der Waals surface area contributed by atoms with Gasteiger partial charge in [0.1, 0.15) is 0 Å². The van der Waals surface area contributed by atoms with Crippen molar-refractivity contribution in [3.63, 3.8) is 0 Å². The highest BCUT2D eigenvalue weighted by molar-refractivity contribution is 4.97. The third-order valence-corrected chi connectivity index (χ3v) is 4.76. The zero-order valence-corrected chi connectivity index (χ0v) is 11.3. The highest BCUT2D eigenvalue weighted by atomic mass is 15.1. The first-order valence-electron chi connectivity index (χ1n) is 7.06. The zero-order valence-electron chi connectivity index (χ0n) is 11.3. The van der Waals surface area contributed by atoms with Crippen molar-refractivity contribution in [2.75, 3.05) is 26.7 Å². The summed E-state index contributed by atoms with van der Waals surface area (Å²) in [4.78, 5) is 2.51. The van der Waals surface area contributed by atoms with Gasteiger partial charge in [0.15, 0.2) is 0 Å². The first kappa shape index (κ1) is 12.4. The summed E-state index contributed by atoms with van der Waals surface area (Å²) in [5.74, 6) is 1.70. The summed E-state index contributed by atoms with van der Waals surface area (Å²) in [6.07, 6.45) is 7.01. The van der Waals surface area contributed by atoms with Crippen molar-refractivity contribution in [3.05, 3.63) is 0 Å². The second kappa shape index (κ2) is 5.05. The predicted molar refractivity (Wildman–Crippen MR) is 69.6 cm³/mol. The van der Waals surface area contributed by atoms with E-state index in [4.69, 9.17) is 0 Å². The Balaban J connectivity index is 1.95. The Labute approximate surface area is 101 Å². The van der Waals surface area contributed by atoms with Gasteiger partial charge in [0.25, 0.3) is 0 Å². The minimum absolute atomic E-state index is 0.461. The maximum atomic E-state index is 3.81. The topological polar surface area (TPSA) is 15.3 Å². The molecule has 2 rings (SSSR count). The third-order valence-electron chi connectivity index (χ3n) is 4.76. The Bertz CT molecular complexity index is 219. The van der Waals surface area contributed by atoms with Gasteiger partial charge >= 0.3 is 0 Å². The van der Waals surface area contributed by atoms with E-state index in [0.29, 0.717) is 5.54 Å². The van der Waals surface area contributed by atoms with Gasteiger partial charge in [-0.1, -0.05) is 13.8 Å². The van der Waals surface area contributed by atoms with E-state index in [0.717, 1.165) is 11.8 Å². The fourth-order valence-electron chi connectivity index (χ4n) is 3.69. The average molecular weight is 224 g/mol. The number of nitrogens with zero attached hydrogens (tertiary/aromatic N) is 1. The lowest BCUT2D eigenvalue weighted by Gasteiger charge is -2.40. The van der Waals surface area contributed by atoms with Crippen molar-refractivity contribution in [2.24, 2.45) is 11.8 Å². The number of rotatable bonds is 3. The maximum Gasteiger partial charge on any atom is 0.0208 e. The van der Waals surface area contributed by atoms with E-state index in [9.17, 15) is 0 Å². The molecule has 2 unspecified atom stereocenters. The zero-order chi connectivity index (χ0) is 11.6. The first-order chi connectivity index (χ1) is 7.62. The second-order valence-corrected chi connectivity index (χ2v) is 6.32. The molecule has 2 heteroatoms. The minimum Gasteiger partial charge on any atom is -0.311 e. The molecule has 0 radical (unpaired) electrons. The number of piperidine rings is 1. The van der Waals surface area contributed by atoms with Gasteiger partial charge in [-0.2, -0.15) is 0 Å². The molecule has 2 aliphatic rings. The summed E-state index contributed by atoms with van der Waals surface area (Å²) in [5.41, 5.74) is 0.461. The van der Waals surface area contributed by atoms with Crippen LogP contribution in [0.5, 0.6) is 0 Å². The van der Waals surface area contributed by atoms with E-state index in [1.165, 1.54) is 51.7 Å². The quantitative estimate of drug-likeness (QED) is 0.792. The minimum atomic E-state index is 0.461. The summed E-state index contributed by atoms with van der Waals surface area (Å²) in [6, 6.07) is 0. The van der Waals surface area contributed by atoms with Gasteiger partial charge < -0.3 is 10.2 Å². The fraction of sp³-hybridized carbons (Fsp3) is 1.00. The van der Waals surface area contributed by atoms with Gasteiger partial charge in [0, 0.05) is 12.1 Å². The van der Waals surface area contributed by atoms with Crippen molar-refractivity contribution in [2.45, 2.75) is 51.5 Å². The van der Waals surface area contributed by atoms with Gasteiger partial charge in [0.2, 0.25) is 0 Å². The van der Waals surface area contributed by atoms with Crippen LogP contribution >= 0.6 is 0 Å². The Morgan fingerprint density at radius 1 is 1.38 bits per heavy atom. The van der Waals surface area contributed by atoms with Crippen LogP contribution in [0.3, 0.4) is 0 Å². The monoisotopic (exact) mass is 224 g/mol. The van der Waals surface area contributed by atoms with E-state index in [-0.39, 0.29) is 0 Å². The predicted octanol–water partition coefficient (Wildman–Crippen LogP) is 2.50. The molecule has 2 aliphatic heterocycles. The molecule has 0 aromatic rings. The SMILES string of the molecule is CC(C)C1(CC2CCCN(C)C2)CCCN1. The summed E-state index contributed by atoms with van der Waals surface area (Å²) in [5, 5.41) is 3.81. The molecule has 1 N–H and O–H groups in total. The number of nitrogens with one attached hydrogen (secondary N) is 1. The molecule has 0 amide bonds. The molecule has 0 spiro atoms. The normalized spacial score (nSPS) is 37.1. The fourth-order valence-corrected chi connectivity index (χ4v) is 3.69. The van der Waals surface area contributed by atoms with Crippen LogP contribution < -0.4 is 5.32 Å². The van der Waals surface area contributed by atoms with Gasteiger partial charge in [-0.3, -0.25) is 0 Å². The van der Waals surface area contributed by atoms with Crippen LogP contribution in [-0.4, -0.2) is 37.1 Å². The summed E-state index contributed by atoms with van der Waals surface area (Å²) >= 11 is 0. The largest absolute Gasteiger partial charge is 0.311 e. The van der Waals surface area contributed by atoms with Crippen molar-refractivity contribution in [3.8, 4) is 0 Å². The standard InChI is InChI=1S/C14H28N2/c1-12(2)14(7-5-8-15-14)10-13-6-4-9-16(3)11-13/h12-13,15H,4-11H2,1-3H3. The third kappa shape index (κ3) is 2.60. The summed E-state index contributed by atoms with van der Waals surface area (Å²) < 4.78 is 0. The van der Waals surface area contributed by atoms with Gasteiger partial charge in [-0.15, -0.1) is 0 Å². The van der Waals surface area contributed by atoms with Gasteiger partial charge in [-0.25, -0.2) is 0 Å². The van der Waals surface area contributed by atoms with Crippen LogP contribution in [0.25, 0.3) is 0 Å². The molecule has 2 nitrogen and oxygen atoms in total. The summed E-state index contributed by atoms with van der Waals surface area (Å²) in [6.45, 7) is 8.64. The van der Waals surface area contributed by atoms with E-state index >= 15 is 0 Å². The number of hydrogen-bond acceptors (Lipinski definition) is 2. The Kier molecular flexibility index (Phi) is 3.91. The first-order valence-corrected chi connectivity index (χ1v) is 7.06. The Morgan fingerprint density at radius 2 is 2.19 bits per heavy atom. The molecule has 0 bridgehead atoms. The molecular formula is C14H28N2. The van der Waals surface area contributed by atoms with Crippen molar-refractivity contribution in [1.29, 1.82) is 0 Å². The van der Waals surface area contributed by atoms with E-state index in [1.54, 1.807) is 0 Å². The van der Waals surface area contributed by atoms with Crippen molar-refractivity contribution in [1.82, 2.24) is 10.2 Å². The van der Waals surface area contributed by atoms with Crippen LogP contribution in [0.1, 0.15) is 46.0 Å². The van der Waals surface area contributed by atoms with E-state index < -0.39 is 0 Å². The molecule has 0 saturated carbocycles. The Morgan fingerprint density at radius 3 is 2.75 bits per heavy atom. The van der Waals surface area contributed by atoms with Crippen LogP contribution in [-0.2, 0) is 0 Å². The van der Waals surface area contributed by atoms with E-state index in [2.05, 4.69) is 31.1 Å². The smallest absolute Gasteiger partial charge is 0.0208 e. The number of likely N-dealkylation sites (tertiary alicyclic amines) is 1. The van der Waals surface area contributed by atoms with Crippen LogP contribution in [0.2, 0.25) is 0 Å². The molecule has 0 aromatic heterocycles. The molecule has 2 saturated heterocycles. The molecule has 2 heterocycles. The maximum absolute atomic E-state index is 3.81. The van der Waals surface area contributed by atoms with Gasteiger partial charge in [-0.05, 0) is 64.1 Å². The van der Waals surface area contributed by atoms with Crippen LogP contribution in [0.4, 0.5) is 0 Å². The molecule has 94 valence electrons. The molecule has 16 heavy (non-hydrogen) atoms. The molecule has 0 aromatic carbocycles. The molecule has 0 aliphatic carbocycles. The number of hydrogen-bond donors (Lipinski definition) is 1. The summed E-state index contributed by atoms with van der Waals surface area (Å²) in [7, 11) is 2.27. The highest BCUT2D eigenvalue weighted by Gasteiger charge is 2.38. The lowest BCUT2D eigenvalue weighted by Crippen LogP contribution is -2.48. The average Bonchev–Trinajstić information content (AvgIpc) is 2.67. The molecular weight excluding hydrogens is 196 g/mol. The van der Waals surface area contributed by atoms with Gasteiger partial charge in [0.05, 0.1) is 0 Å². The molecule has 2 atom stereocenters. The van der Waals surface area contributed by atoms with Crippen molar-refractivity contribution < 1.29 is 0 Å². The van der Waals surface area contributed by atoms with Crippen molar-refractivity contribution >= 4 is 0 Å². The highest BCUT2D eigenvalue weighted by Crippen LogP contribution is 2.36. The second-order valence-electron chi connectivity index (χ2n) is 6.32. The van der Waals surface area contributed by atoms with E-state index in [1.807, 2.05) is 0 Å². The lowest BCUT2D eigenvalue weighted by atomic mass is 9.76. The lowest BCUT2D eigenvalue weighted by molar-refractivity contribution is 0.142. The van der Waals surface area contributed by atoms with Crippen LogP contribution in [0, 0.1) is 11.8 Å².